The summed E-state index contributed by atoms with van der Waals surface area (Å²) >= 11 is 6.92. The van der Waals surface area contributed by atoms with E-state index in [1.807, 2.05) is 17.9 Å². The molecule has 1 aromatic heterocycles. The summed E-state index contributed by atoms with van der Waals surface area (Å²) in [5.41, 5.74) is 0. The molecular weight excluding hydrogens is 344 g/mol. The number of amides is 1. The van der Waals surface area contributed by atoms with E-state index in [2.05, 4.69) is 27.3 Å². The summed E-state index contributed by atoms with van der Waals surface area (Å²) < 4.78 is 1.12. The fourth-order valence-electron chi connectivity index (χ4n) is 1.87. The normalized spacial score (nSPS) is 15.3. The largest absolute Gasteiger partial charge is 0.337 e. The van der Waals surface area contributed by atoms with Crippen LogP contribution in [0.25, 0.3) is 0 Å². The molecular formula is C13H19BrN2OS2. The van der Waals surface area contributed by atoms with Crippen LogP contribution < -0.4 is 5.32 Å². The van der Waals surface area contributed by atoms with E-state index in [1.165, 1.54) is 4.88 Å². The van der Waals surface area contributed by atoms with Crippen LogP contribution in [0.15, 0.2) is 15.9 Å². The fraction of sp³-hybridized carbons (Fsp3) is 0.615. The molecule has 19 heavy (non-hydrogen) atoms. The summed E-state index contributed by atoms with van der Waals surface area (Å²) in [7, 11) is 0. The van der Waals surface area contributed by atoms with Crippen molar-refractivity contribution in [3.63, 3.8) is 0 Å². The van der Waals surface area contributed by atoms with Crippen LogP contribution in [-0.4, -0.2) is 41.9 Å². The Morgan fingerprint density at radius 3 is 2.89 bits per heavy atom. The van der Waals surface area contributed by atoms with Crippen molar-refractivity contribution in [2.24, 2.45) is 5.92 Å². The van der Waals surface area contributed by atoms with Gasteiger partial charge in [-0.2, -0.15) is 11.8 Å². The number of thiophene rings is 1. The molecule has 0 radical (unpaired) electrons. The molecule has 0 bridgehead atoms. The van der Waals surface area contributed by atoms with E-state index in [-0.39, 0.29) is 5.91 Å². The van der Waals surface area contributed by atoms with Gasteiger partial charge in [0, 0.05) is 11.4 Å². The zero-order valence-electron chi connectivity index (χ0n) is 11.0. The molecule has 1 fully saturated rings. The zero-order valence-corrected chi connectivity index (χ0v) is 14.2. The molecule has 1 amide bonds. The molecule has 0 aromatic carbocycles. The first-order chi connectivity index (χ1) is 9.19. The van der Waals surface area contributed by atoms with Crippen molar-refractivity contribution < 1.29 is 4.79 Å². The van der Waals surface area contributed by atoms with Crippen LogP contribution in [0.2, 0.25) is 0 Å². The average molecular weight is 363 g/mol. The van der Waals surface area contributed by atoms with Crippen LogP contribution in [0, 0.1) is 5.92 Å². The minimum Gasteiger partial charge on any atom is -0.337 e. The Morgan fingerprint density at radius 2 is 2.37 bits per heavy atom. The number of nitrogens with one attached hydrogen (secondary N) is 1. The van der Waals surface area contributed by atoms with Gasteiger partial charge >= 0.3 is 0 Å². The monoisotopic (exact) mass is 362 g/mol. The second-order valence-corrected chi connectivity index (χ2v) is 8.23. The Bertz CT molecular complexity index is 421. The van der Waals surface area contributed by atoms with Gasteiger partial charge < -0.3 is 10.2 Å². The maximum absolute atomic E-state index is 12.2. The molecule has 0 spiro atoms. The SMILES string of the molecule is CCN(Cc1ccc(Br)s1)C(=O)CSCC1CNC1. The van der Waals surface area contributed by atoms with Crippen molar-refractivity contribution in [1.82, 2.24) is 10.2 Å². The lowest BCUT2D eigenvalue weighted by molar-refractivity contribution is -0.128. The number of hydrogen-bond acceptors (Lipinski definition) is 4. The summed E-state index contributed by atoms with van der Waals surface area (Å²) in [4.78, 5) is 15.3. The van der Waals surface area contributed by atoms with Gasteiger partial charge in [0.1, 0.15) is 0 Å². The maximum Gasteiger partial charge on any atom is 0.232 e. The van der Waals surface area contributed by atoms with Gasteiger partial charge in [-0.1, -0.05) is 0 Å². The van der Waals surface area contributed by atoms with Crippen LogP contribution in [0.4, 0.5) is 0 Å². The summed E-state index contributed by atoms with van der Waals surface area (Å²) in [6, 6.07) is 4.12. The topological polar surface area (TPSA) is 32.3 Å². The molecule has 0 aliphatic carbocycles. The Morgan fingerprint density at radius 1 is 1.58 bits per heavy atom. The highest BCUT2D eigenvalue weighted by molar-refractivity contribution is 9.11. The van der Waals surface area contributed by atoms with E-state index in [1.54, 1.807) is 23.1 Å². The minimum atomic E-state index is 0.254. The van der Waals surface area contributed by atoms with Crippen molar-refractivity contribution >= 4 is 44.9 Å². The van der Waals surface area contributed by atoms with Gasteiger partial charge in [-0.15, -0.1) is 11.3 Å². The zero-order chi connectivity index (χ0) is 13.7. The number of rotatable bonds is 7. The first-order valence-corrected chi connectivity index (χ1v) is 9.26. The van der Waals surface area contributed by atoms with Gasteiger partial charge in [0.25, 0.3) is 0 Å². The lowest BCUT2D eigenvalue weighted by Gasteiger charge is -2.27. The fourth-order valence-corrected chi connectivity index (χ4v) is 4.41. The third kappa shape index (κ3) is 4.77. The molecule has 0 unspecified atom stereocenters. The standard InChI is InChI=1S/C13H19BrN2OS2/c1-2-16(7-11-3-4-12(14)19-11)13(17)9-18-8-10-5-15-6-10/h3-4,10,15H,2,5-9H2,1H3. The summed E-state index contributed by atoms with van der Waals surface area (Å²) in [5, 5.41) is 3.26. The van der Waals surface area contributed by atoms with Gasteiger partial charge in [-0.25, -0.2) is 0 Å². The molecule has 0 saturated carbocycles. The van der Waals surface area contributed by atoms with E-state index in [9.17, 15) is 4.79 Å². The molecule has 1 saturated heterocycles. The smallest absolute Gasteiger partial charge is 0.232 e. The van der Waals surface area contributed by atoms with Crippen LogP contribution >= 0.6 is 39.0 Å². The predicted molar refractivity (Wildman–Crippen MR) is 86.8 cm³/mol. The van der Waals surface area contributed by atoms with E-state index >= 15 is 0 Å². The Balaban J connectivity index is 1.74. The number of carbonyl (C=O) groups excluding carboxylic acids is 1. The van der Waals surface area contributed by atoms with Crippen molar-refractivity contribution in [2.45, 2.75) is 13.5 Å². The van der Waals surface area contributed by atoms with Crippen molar-refractivity contribution in [3.05, 3.63) is 20.8 Å². The second kappa shape index (κ2) is 7.67. The van der Waals surface area contributed by atoms with E-state index in [4.69, 9.17) is 0 Å². The highest BCUT2D eigenvalue weighted by atomic mass is 79.9. The molecule has 1 aromatic rings. The maximum atomic E-state index is 12.2. The van der Waals surface area contributed by atoms with Crippen molar-refractivity contribution in [3.8, 4) is 0 Å². The minimum absolute atomic E-state index is 0.254. The van der Waals surface area contributed by atoms with Gasteiger partial charge in [0.2, 0.25) is 5.91 Å². The number of nitrogens with zero attached hydrogens (tertiary/aromatic N) is 1. The Hall–Kier alpha value is -0.0400. The summed E-state index contributed by atoms with van der Waals surface area (Å²) in [5.74, 6) is 2.73. The van der Waals surface area contributed by atoms with Crippen LogP contribution in [-0.2, 0) is 11.3 Å². The number of carbonyl (C=O) groups is 1. The molecule has 0 atom stereocenters. The molecule has 1 aliphatic rings. The number of hydrogen-bond donors (Lipinski definition) is 1. The van der Waals surface area contributed by atoms with E-state index in [0.29, 0.717) is 5.75 Å². The first kappa shape index (κ1) is 15.4. The quantitative estimate of drug-likeness (QED) is 0.809. The predicted octanol–water partition coefficient (Wildman–Crippen LogP) is 2.81. The van der Waals surface area contributed by atoms with Gasteiger partial charge in [-0.05, 0) is 59.7 Å². The van der Waals surface area contributed by atoms with Crippen molar-refractivity contribution in [1.29, 1.82) is 0 Å². The Kier molecular flexibility index (Phi) is 6.19. The molecule has 2 heterocycles. The van der Waals surface area contributed by atoms with Crippen LogP contribution in [0.1, 0.15) is 11.8 Å². The van der Waals surface area contributed by atoms with E-state index in [0.717, 1.165) is 41.6 Å². The number of thioether (sulfide) groups is 1. The lowest BCUT2D eigenvalue weighted by Crippen LogP contribution is -2.43. The molecule has 6 heteroatoms. The third-order valence-electron chi connectivity index (χ3n) is 3.16. The molecule has 3 nitrogen and oxygen atoms in total. The van der Waals surface area contributed by atoms with Crippen LogP contribution in [0.3, 0.4) is 0 Å². The molecule has 2 rings (SSSR count). The third-order valence-corrected chi connectivity index (χ3v) is 5.92. The summed E-state index contributed by atoms with van der Waals surface area (Å²) in [6.07, 6.45) is 0. The Labute approximate surface area is 131 Å². The van der Waals surface area contributed by atoms with Crippen LogP contribution in [0.5, 0.6) is 0 Å². The average Bonchev–Trinajstić information content (AvgIpc) is 2.74. The van der Waals surface area contributed by atoms with Gasteiger partial charge in [0.15, 0.2) is 0 Å². The van der Waals surface area contributed by atoms with Gasteiger partial charge in [0.05, 0.1) is 16.1 Å². The second-order valence-electron chi connectivity index (χ2n) is 4.65. The summed E-state index contributed by atoms with van der Waals surface area (Å²) in [6.45, 7) is 5.78. The number of halogens is 1. The molecule has 1 N–H and O–H groups in total. The molecule has 1 aliphatic heterocycles. The molecule has 106 valence electrons. The van der Waals surface area contributed by atoms with Crippen molar-refractivity contribution in [2.75, 3.05) is 31.1 Å². The lowest BCUT2D eigenvalue weighted by atomic mass is 10.1. The highest BCUT2D eigenvalue weighted by Crippen LogP contribution is 2.23. The highest BCUT2D eigenvalue weighted by Gasteiger charge is 2.18. The first-order valence-electron chi connectivity index (χ1n) is 6.49. The van der Waals surface area contributed by atoms with E-state index < -0.39 is 0 Å². The van der Waals surface area contributed by atoms with Gasteiger partial charge in [-0.3, -0.25) is 4.79 Å².